The van der Waals surface area contributed by atoms with Crippen LogP contribution < -0.4 is 10.9 Å². The zero-order valence-electron chi connectivity index (χ0n) is 16.3. The molecule has 0 unspecified atom stereocenters. The minimum absolute atomic E-state index is 0.123. The number of fused-ring (bicyclic) bond motifs is 1. The smallest absolute Gasteiger partial charge is 0.260 e. The van der Waals surface area contributed by atoms with Gasteiger partial charge in [0.25, 0.3) is 5.56 Å². The van der Waals surface area contributed by atoms with Gasteiger partial charge in [-0.05, 0) is 43.2 Å². The lowest BCUT2D eigenvalue weighted by atomic mass is 10.1. The van der Waals surface area contributed by atoms with Gasteiger partial charge in [0.05, 0.1) is 11.1 Å². The van der Waals surface area contributed by atoms with Crippen molar-refractivity contribution in [3.63, 3.8) is 0 Å². The van der Waals surface area contributed by atoms with Crippen molar-refractivity contribution in [3.05, 3.63) is 75.1 Å². The Labute approximate surface area is 180 Å². The largest absolute Gasteiger partial charge is 0.325 e. The van der Waals surface area contributed by atoms with Crippen molar-refractivity contribution in [2.24, 2.45) is 0 Å². The Kier molecular flexibility index (Phi) is 5.69. The number of nitrogens with zero attached hydrogens (tertiary/aromatic N) is 1. The summed E-state index contributed by atoms with van der Waals surface area (Å²) in [5, 5.41) is 5.57. The number of halogens is 1. The maximum absolute atomic E-state index is 13.2. The highest BCUT2D eigenvalue weighted by molar-refractivity contribution is 7.99. The van der Waals surface area contributed by atoms with Crippen LogP contribution in [0.3, 0.4) is 0 Å². The number of H-pyrrole nitrogens is 1. The van der Waals surface area contributed by atoms with Crippen LogP contribution in [0.1, 0.15) is 11.1 Å². The quantitative estimate of drug-likeness (QED) is 0.334. The molecule has 4 rings (SSSR count). The van der Waals surface area contributed by atoms with Crippen LogP contribution >= 0.6 is 23.1 Å². The third-order valence-electron chi connectivity index (χ3n) is 4.57. The number of aromatic amines is 1. The maximum atomic E-state index is 13.2. The highest BCUT2D eigenvalue weighted by atomic mass is 32.2. The Hall–Kier alpha value is -2.97. The molecule has 0 atom stereocenters. The van der Waals surface area contributed by atoms with E-state index in [-0.39, 0.29) is 23.0 Å². The van der Waals surface area contributed by atoms with Gasteiger partial charge in [-0.15, -0.1) is 11.3 Å². The van der Waals surface area contributed by atoms with Crippen molar-refractivity contribution in [2.45, 2.75) is 19.0 Å². The van der Waals surface area contributed by atoms with Crippen molar-refractivity contribution in [3.8, 4) is 11.1 Å². The lowest BCUT2D eigenvalue weighted by molar-refractivity contribution is -0.113. The average molecular weight is 440 g/mol. The Morgan fingerprint density at radius 2 is 1.97 bits per heavy atom. The van der Waals surface area contributed by atoms with Gasteiger partial charge in [-0.2, -0.15) is 0 Å². The van der Waals surface area contributed by atoms with Crippen LogP contribution in [0.15, 0.2) is 57.8 Å². The second-order valence-corrected chi connectivity index (χ2v) is 8.68. The van der Waals surface area contributed by atoms with E-state index in [2.05, 4.69) is 15.3 Å². The van der Waals surface area contributed by atoms with Crippen molar-refractivity contribution in [1.82, 2.24) is 9.97 Å². The SMILES string of the molecule is Cc1ccc(NC(=O)CSc2nc3scc(-c4ccc(F)cc4)c3c(=O)[nH]2)c(C)c1. The van der Waals surface area contributed by atoms with E-state index in [4.69, 9.17) is 0 Å². The second kappa shape index (κ2) is 8.41. The summed E-state index contributed by atoms with van der Waals surface area (Å²) in [6, 6.07) is 11.8. The second-order valence-electron chi connectivity index (χ2n) is 6.86. The third kappa shape index (κ3) is 4.29. The number of amides is 1. The molecule has 0 bridgehead atoms. The molecule has 0 radical (unpaired) electrons. The standard InChI is InChI=1S/C22H18FN3O2S2/c1-12-3-8-17(13(2)9-12)24-18(27)11-30-22-25-20(28)19-16(10-29-21(19)26-22)14-4-6-15(23)7-5-14/h3-10H,11H2,1-2H3,(H,24,27)(H,25,26,28). The summed E-state index contributed by atoms with van der Waals surface area (Å²) in [4.78, 5) is 32.8. The molecule has 0 saturated heterocycles. The molecule has 0 spiro atoms. The van der Waals surface area contributed by atoms with Crippen molar-refractivity contribution < 1.29 is 9.18 Å². The number of thioether (sulfide) groups is 1. The molecule has 2 N–H and O–H groups in total. The van der Waals surface area contributed by atoms with Gasteiger partial charge in [0.2, 0.25) is 5.91 Å². The Morgan fingerprint density at radius 3 is 2.70 bits per heavy atom. The van der Waals surface area contributed by atoms with E-state index in [0.717, 1.165) is 22.4 Å². The van der Waals surface area contributed by atoms with Crippen LogP contribution in [0.5, 0.6) is 0 Å². The van der Waals surface area contributed by atoms with E-state index in [1.54, 1.807) is 12.1 Å². The average Bonchev–Trinajstić information content (AvgIpc) is 3.14. The monoisotopic (exact) mass is 439 g/mol. The van der Waals surface area contributed by atoms with E-state index in [1.807, 2.05) is 37.4 Å². The molecule has 0 saturated carbocycles. The fraction of sp³-hybridized carbons (Fsp3) is 0.136. The van der Waals surface area contributed by atoms with Crippen LogP contribution in [0.4, 0.5) is 10.1 Å². The van der Waals surface area contributed by atoms with Gasteiger partial charge in [0.15, 0.2) is 5.16 Å². The zero-order valence-corrected chi connectivity index (χ0v) is 17.9. The minimum Gasteiger partial charge on any atom is -0.325 e. The lowest BCUT2D eigenvalue weighted by Crippen LogP contribution is -2.16. The summed E-state index contributed by atoms with van der Waals surface area (Å²) in [6.45, 7) is 3.94. The molecular weight excluding hydrogens is 421 g/mol. The fourth-order valence-corrected chi connectivity index (χ4v) is 4.78. The van der Waals surface area contributed by atoms with E-state index >= 15 is 0 Å². The molecule has 152 valence electrons. The first-order chi connectivity index (χ1) is 14.4. The minimum atomic E-state index is -0.330. The van der Waals surface area contributed by atoms with Gasteiger partial charge in [0, 0.05) is 16.6 Å². The van der Waals surface area contributed by atoms with Gasteiger partial charge >= 0.3 is 0 Å². The molecule has 0 fully saturated rings. The van der Waals surface area contributed by atoms with Crippen molar-refractivity contribution in [2.75, 3.05) is 11.1 Å². The number of nitrogens with one attached hydrogen (secondary N) is 2. The molecule has 30 heavy (non-hydrogen) atoms. The molecule has 0 aliphatic rings. The van der Waals surface area contributed by atoms with Gasteiger partial charge in [0.1, 0.15) is 10.6 Å². The molecule has 1 amide bonds. The number of benzene rings is 2. The van der Waals surface area contributed by atoms with Crippen molar-refractivity contribution in [1.29, 1.82) is 0 Å². The first kappa shape index (κ1) is 20.3. The summed E-state index contributed by atoms with van der Waals surface area (Å²) >= 11 is 2.51. The number of rotatable bonds is 5. The Balaban J connectivity index is 1.51. The highest BCUT2D eigenvalue weighted by Crippen LogP contribution is 2.31. The van der Waals surface area contributed by atoms with E-state index < -0.39 is 0 Å². The summed E-state index contributed by atoms with van der Waals surface area (Å²) in [5.74, 6) is -0.381. The predicted molar refractivity (Wildman–Crippen MR) is 121 cm³/mol. The number of anilines is 1. The molecule has 4 aromatic rings. The molecule has 2 aromatic heterocycles. The van der Waals surface area contributed by atoms with E-state index in [1.165, 1.54) is 35.2 Å². The number of thiophene rings is 1. The summed E-state index contributed by atoms with van der Waals surface area (Å²) in [5.41, 5.74) is 4.08. The summed E-state index contributed by atoms with van der Waals surface area (Å²) < 4.78 is 13.2. The molecular formula is C22H18FN3O2S2. The Morgan fingerprint density at radius 1 is 1.20 bits per heavy atom. The van der Waals surface area contributed by atoms with Gasteiger partial charge in [-0.25, -0.2) is 9.37 Å². The number of carbonyl (C=O) groups excluding carboxylic acids is 1. The van der Waals surface area contributed by atoms with E-state index in [0.29, 0.717) is 20.9 Å². The zero-order chi connectivity index (χ0) is 21.3. The third-order valence-corrected chi connectivity index (χ3v) is 6.32. The molecule has 8 heteroatoms. The maximum Gasteiger partial charge on any atom is 0.260 e. The molecule has 0 aliphatic heterocycles. The summed E-state index contributed by atoms with van der Waals surface area (Å²) in [7, 11) is 0. The van der Waals surface area contributed by atoms with Crippen LogP contribution in [0.2, 0.25) is 0 Å². The molecule has 2 aromatic carbocycles. The summed E-state index contributed by atoms with van der Waals surface area (Å²) in [6.07, 6.45) is 0. The van der Waals surface area contributed by atoms with Crippen molar-refractivity contribution >= 4 is 44.9 Å². The van der Waals surface area contributed by atoms with Gasteiger partial charge < -0.3 is 10.3 Å². The fourth-order valence-electron chi connectivity index (χ4n) is 3.11. The normalized spacial score (nSPS) is 11.0. The number of hydrogen-bond acceptors (Lipinski definition) is 5. The van der Waals surface area contributed by atoms with Gasteiger partial charge in [-0.3, -0.25) is 9.59 Å². The Bertz CT molecular complexity index is 1300. The van der Waals surface area contributed by atoms with Crippen LogP contribution in [0.25, 0.3) is 21.3 Å². The number of hydrogen-bond donors (Lipinski definition) is 2. The first-order valence-electron chi connectivity index (χ1n) is 9.18. The number of aromatic nitrogens is 2. The van der Waals surface area contributed by atoms with Gasteiger partial charge in [-0.1, -0.05) is 41.6 Å². The highest BCUT2D eigenvalue weighted by Gasteiger charge is 2.14. The van der Waals surface area contributed by atoms with Crippen LogP contribution in [-0.4, -0.2) is 21.6 Å². The lowest BCUT2D eigenvalue weighted by Gasteiger charge is -2.09. The predicted octanol–water partition coefficient (Wildman–Crippen LogP) is 5.14. The first-order valence-corrected chi connectivity index (χ1v) is 11.0. The number of aryl methyl sites for hydroxylation is 2. The topological polar surface area (TPSA) is 74.8 Å². The molecule has 5 nitrogen and oxygen atoms in total. The van der Waals surface area contributed by atoms with E-state index in [9.17, 15) is 14.0 Å². The number of carbonyl (C=O) groups is 1. The van der Waals surface area contributed by atoms with Crippen LogP contribution in [0, 0.1) is 19.7 Å². The molecule has 0 aliphatic carbocycles. The van der Waals surface area contributed by atoms with Crippen LogP contribution in [-0.2, 0) is 4.79 Å². The molecule has 2 heterocycles.